The second-order valence-corrected chi connectivity index (χ2v) is 8.45. The van der Waals surface area contributed by atoms with Gasteiger partial charge in [-0.3, -0.25) is 9.59 Å². The van der Waals surface area contributed by atoms with Gasteiger partial charge < -0.3 is 4.42 Å². The molecule has 5 aromatic carbocycles. The molecule has 1 aromatic heterocycles. The molecule has 1 aliphatic heterocycles. The van der Waals surface area contributed by atoms with Crippen molar-refractivity contribution in [2.24, 2.45) is 0 Å². The van der Waals surface area contributed by atoms with Gasteiger partial charge in [-0.15, -0.1) is 0 Å². The van der Waals surface area contributed by atoms with Crippen LogP contribution in [0, 0.1) is 0 Å². The number of anilines is 1. The maximum atomic E-state index is 13.5. The Morgan fingerprint density at radius 3 is 1.94 bits per heavy atom. The lowest BCUT2D eigenvalue weighted by Crippen LogP contribution is -2.40. The van der Waals surface area contributed by atoms with Crippen molar-refractivity contribution in [3.8, 4) is 11.1 Å². The van der Waals surface area contributed by atoms with Crippen LogP contribution in [0.1, 0.15) is 20.7 Å². The monoisotopic (exact) mass is 439 g/mol. The molecule has 0 unspecified atom stereocenters. The predicted octanol–water partition coefficient (Wildman–Crippen LogP) is 7.21. The summed E-state index contributed by atoms with van der Waals surface area (Å²) in [5, 5.41) is 3.65. The molecule has 2 heterocycles. The van der Waals surface area contributed by atoms with Crippen molar-refractivity contribution in [1.82, 2.24) is 0 Å². The summed E-state index contributed by atoms with van der Waals surface area (Å²) in [5.74, 6) is -0.623. The predicted molar refractivity (Wildman–Crippen MR) is 134 cm³/mol. The summed E-state index contributed by atoms with van der Waals surface area (Å²) in [5.41, 5.74) is 5.10. The van der Waals surface area contributed by atoms with Gasteiger partial charge in [0, 0.05) is 32.8 Å². The molecule has 6 aromatic rings. The van der Waals surface area contributed by atoms with Gasteiger partial charge in [0.25, 0.3) is 11.8 Å². The van der Waals surface area contributed by atoms with E-state index in [-0.39, 0.29) is 11.8 Å². The van der Waals surface area contributed by atoms with Crippen LogP contribution in [0.25, 0.3) is 43.8 Å². The molecular weight excluding hydrogens is 422 g/mol. The molecule has 0 radical (unpaired) electrons. The zero-order valence-electron chi connectivity index (χ0n) is 18.0. The number of furan rings is 1. The number of nitrogens with zero attached hydrogens (tertiary/aromatic N) is 1. The number of hydrogen-bond donors (Lipinski definition) is 0. The highest BCUT2D eigenvalue weighted by Crippen LogP contribution is 2.41. The first-order valence-electron chi connectivity index (χ1n) is 11.1. The number of rotatable bonds is 2. The minimum Gasteiger partial charge on any atom is -0.455 e. The largest absolute Gasteiger partial charge is 0.455 e. The Hall–Kier alpha value is -4.70. The van der Waals surface area contributed by atoms with Crippen molar-refractivity contribution in [2.45, 2.75) is 0 Å². The van der Waals surface area contributed by atoms with E-state index in [9.17, 15) is 9.59 Å². The van der Waals surface area contributed by atoms with E-state index in [1.54, 1.807) is 18.2 Å². The van der Waals surface area contributed by atoms with Crippen LogP contribution in [-0.2, 0) is 0 Å². The first-order valence-corrected chi connectivity index (χ1v) is 11.1. The Balaban J connectivity index is 1.50. The average Bonchev–Trinajstić information content (AvgIpc) is 3.27. The van der Waals surface area contributed by atoms with Crippen LogP contribution in [-0.4, -0.2) is 11.8 Å². The fraction of sp³-hybridized carbons (Fsp3) is 0. The van der Waals surface area contributed by atoms with Crippen molar-refractivity contribution in [3.63, 3.8) is 0 Å². The molecule has 2 amide bonds. The molecule has 0 fully saturated rings. The van der Waals surface area contributed by atoms with Gasteiger partial charge in [0.15, 0.2) is 0 Å². The van der Waals surface area contributed by atoms with Gasteiger partial charge in [-0.2, -0.15) is 0 Å². The molecular formula is C30H17NO3. The Bertz CT molecular complexity index is 1770. The minimum absolute atomic E-state index is 0.312. The second-order valence-electron chi connectivity index (χ2n) is 8.45. The van der Waals surface area contributed by atoms with Gasteiger partial charge in [-0.25, -0.2) is 4.90 Å². The SMILES string of the molecule is O=C1c2cccc3c(-c4cccc5c4oc4ccccc45)ccc(c23)C(=O)N1c1ccccc1. The molecule has 7 rings (SSSR count). The molecule has 0 aliphatic carbocycles. The first-order chi connectivity index (χ1) is 16.7. The Morgan fingerprint density at radius 2 is 1.12 bits per heavy atom. The summed E-state index contributed by atoms with van der Waals surface area (Å²) in [4.78, 5) is 28.2. The molecule has 0 N–H and O–H groups in total. The minimum atomic E-state index is -0.312. The zero-order valence-corrected chi connectivity index (χ0v) is 18.0. The van der Waals surface area contributed by atoms with Crippen molar-refractivity contribution < 1.29 is 14.0 Å². The summed E-state index contributed by atoms with van der Waals surface area (Å²) in [6, 6.07) is 32.6. The van der Waals surface area contributed by atoms with Crippen LogP contribution in [0.3, 0.4) is 0 Å². The Kier molecular flexibility index (Phi) is 3.82. The molecule has 0 atom stereocenters. The van der Waals surface area contributed by atoms with Gasteiger partial charge in [0.1, 0.15) is 11.2 Å². The van der Waals surface area contributed by atoms with Gasteiger partial charge >= 0.3 is 0 Å². The molecule has 0 bridgehead atoms. The lowest BCUT2D eigenvalue weighted by molar-refractivity contribution is 0.0893. The standard InChI is InChI=1S/C30H17NO3/c32-29-24-14-6-11-21-19(22-12-7-13-23-20-10-4-5-15-26(20)34-28(22)23)16-17-25(27(21)24)30(33)31(29)18-8-2-1-3-9-18/h1-17H. The topological polar surface area (TPSA) is 50.5 Å². The average molecular weight is 439 g/mol. The molecule has 0 spiro atoms. The summed E-state index contributed by atoms with van der Waals surface area (Å²) in [7, 11) is 0. The summed E-state index contributed by atoms with van der Waals surface area (Å²) >= 11 is 0. The quantitative estimate of drug-likeness (QED) is 0.268. The van der Waals surface area contributed by atoms with Gasteiger partial charge in [-0.1, -0.05) is 72.8 Å². The number of fused-ring (bicyclic) bond motifs is 3. The molecule has 4 nitrogen and oxygen atoms in total. The van der Waals surface area contributed by atoms with Crippen LogP contribution >= 0.6 is 0 Å². The highest BCUT2D eigenvalue weighted by molar-refractivity contribution is 6.36. The smallest absolute Gasteiger partial charge is 0.265 e. The number of benzene rings is 5. The maximum absolute atomic E-state index is 13.5. The lowest BCUT2D eigenvalue weighted by Gasteiger charge is -2.27. The molecule has 34 heavy (non-hydrogen) atoms. The number of para-hydroxylation sites is 3. The van der Waals surface area contributed by atoms with Crippen LogP contribution in [0.5, 0.6) is 0 Å². The summed E-state index contributed by atoms with van der Waals surface area (Å²) < 4.78 is 6.26. The van der Waals surface area contributed by atoms with Crippen molar-refractivity contribution in [2.75, 3.05) is 4.90 Å². The Labute approximate surface area is 194 Å². The van der Waals surface area contributed by atoms with Crippen molar-refractivity contribution in [3.05, 3.63) is 114 Å². The third kappa shape index (κ3) is 2.48. The second kappa shape index (κ2) is 6.90. The van der Waals surface area contributed by atoms with E-state index < -0.39 is 0 Å². The zero-order chi connectivity index (χ0) is 22.8. The summed E-state index contributed by atoms with van der Waals surface area (Å²) in [6.07, 6.45) is 0. The fourth-order valence-electron chi connectivity index (χ4n) is 5.10. The van der Waals surface area contributed by atoms with Crippen LogP contribution < -0.4 is 4.90 Å². The number of imide groups is 1. The first kappa shape index (κ1) is 18.8. The van der Waals surface area contributed by atoms with E-state index in [4.69, 9.17) is 4.42 Å². The number of hydrogen-bond acceptors (Lipinski definition) is 3. The van der Waals surface area contributed by atoms with E-state index in [0.717, 1.165) is 38.5 Å². The third-order valence-electron chi connectivity index (χ3n) is 6.62. The highest BCUT2D eigenvalue weighted by atomic mass is 16.3. The van der Waals surface area contributed by atoms with Crippen molar-refractivity contribution >= 4 is 50.2 Å². The van der Waals surface area contributed by atoms with E-state index in [0.29, 0.717) is 22.2 Å². The fourth-order valence-corrected chi connectivity index (χ4v) is 5.10. The molecule has 0 saturated heterocycles. The highest BCUT2D eigenvalue weighted by Gasteiger charge is 2.34. The van der Waals surface area contributed by atoms with Crippen LogP contribution in [0.4, 0.5) is 5.69 Å². The lowest BCUT2D eigenvalue weighted by atomic mass is 9.88. The normalized spacial score (nSPS) is 13.4. The van der Waals surface area contributed by atoms with E-state index >= 15 is 0 Å². The van der Waals surface area contributed by atoms with Crippen LogP contribution in [0.15, 0.2) is 108 Å². The number of carbonyl (C=O) groups is 2. The van der Waals surface area contributed by atoms with Crippen LogP contribution in [0.2, 0.25) is 0 Å². The number of carbonyl (C=O) groups excluding carboxylic acids is 2. The Morgan fingerprint density at radius 1 is 0.500 bits per heavy atom. The maximum Gasteiger partial charge on any atom is 0.265 e. The van der Waals surface area contributed by atoms with Crippen molar-refractivity contribution in [1.29, 1.82) is 0 Å². The number of amides is 2. The third-order valence-corrected chi connectivity index (χ3v) is 6.62. The van der Waals surface area contributed by atoms with E-state index in [1.165, 1.54) is 4.90 Å². The molecule has 4 heteroatoms. The molecule has 1 aliphatic rings. The van der Waals surface area contributed by atoms with E-state index in [1.807, 2.05) is 72.8 Å². The van der Waals surface area contributed by atoms with Gasteiger partial charge in [0.2, 0.25) is 0 Å². The molecule has 160 valence electrons. The van der Waals surface area contributed by atoms with Gasteiger partial charge in [-0.05, 0) is 41.3 Å². The van der Waals surface area contributed by atoms with E-state index in [2.05, 4.69) is 12.1 Å². The summed E-state index contributed by atoms with van der Waals surface area (Å²) in [6.45, 7) is 0. The molecule has 0 saturated carbocycles. The van der Waals surface area contributed by atoms with Gasteiger partial charge in [0.05, 0.1) is 5.69 Å².